The molecule has 22 heavy (non-hydrogen) atoms. The van der Waals surface area contributed by atoms with Crippen LogP contribution in [0.2, 0.25) is 0 Å². The van der Waals surface area contributed by atoms with Crippen molar-refractivity contribution in [2.45, 2.75) is 26.8 Å². The molecule has 0 fully saturated rings. The summed E-state index contributed by atoms with van der Waals surface area (Å²) in [5.74, 6) is 0.00454. The molecule has 2 aromatic carbocycles. The molecule has 0 aliphatic carbocycles. The topological polar surface area (TPSA) is 33.0 Å². The van der Waals surface area contributed by atoms with Gasteiger partial charge in [0.1, 0.15) is 4.70 Å². The quantitative estimate of drug-likeness (QED) is 0.732. The van der Waals surface area contributed by atoms with Gasteiger partial charge < -0.3 is 5.32 Å². The number of thiazole rings is 1. The minimum atomic E-state index is 0.00454. The third-order valence-corrected chi connectivity index (χ3v) is 4.74. The summed E-state index contributed by atoms with van der Waals surface area (Å²) in [4.78, 5) is 12.3. The van der Waals surface area contributed by atoms with E-state index in [0.717, 1.165) is 23.2 Å². The number of aromatic nitrogens is 1. The first kappa shape index (κ1) is 14.7. The van der Waals surface area contributed by atoms with Crippen LogP contribution in [0.1, 0.15) is 18.1 Å². The van der Waals surface area contributed by atoms with Gasteiger partial charge >= 0.3 is 0 Å². The van der Waals surface area contributed by atoms with E-state index in [2.05, 4.69) is 36.5 Å². The maximum atomic E-state index is 12.3. The summed E-state index contributed by atoms with van der Waals surface area (Å²) in [6.45, 7) is 4.46. The summed E-state index contributed by atoms with van der Waals surface area (Å²) in [5.41, 5.74) is 6.32. The van der Waals surface area contributed by atoms with Crippen LogP contribution < -0.4 is 9.88 Å². The third kappa shape index (κ3) is 3.02. The van der Waals surface area contributed by atoms with Crippen molar-refractivity contribution in [3.8, 4) is 0 Å². The van der Waals surface area contributed by atoms with Crippen LogP contribution in [-0.2, 0) is 17.8 Å². The van der Waals surface area contributed by atoms with Gasteiger partial charge in [0.15, 0.2) is 0 Å². The molecule has 1 aromatic heterocycles. The summed E-state index contributed by atoms with van der Waals surface area (Å²) >= 11 is 1.65. The molecule has 0 spiro atoms. The molecular weight excluding hydrogens is 292 g/mol. The number of rotatable bonds is 4. The molecule has 1 amide bonds. The van der Waals surface area contributed by atoms with Crippen molar-refractivity contribution in [3.63, 3.8) is 0 Å². The van der Waals surface area contributed by atoms with Crippen LogP contribution in [0.5, 0.6) is 0 Å². The summed E-state index contributed by atoms with van der Waals surface area (Å²) in [6.07, 6.45) is 0.965. The summed E-state index contributed by atoms with van der Waals surface area (Å²) < 4.78 is 3.19. The highest BCUT2D eigenvalue weighted by Crippen LogP contribution is 2.18. The highest BCUT2D eigenvalue weighted by Gasteiger charge is 2.16. The summed E-state index contributed by atoms with van der Waals surface area (Å²) in [6, 6.07) is 14.4. The number of para-hydroxylation sites is 1. The fourth-order valence-electron chi connectivity index (χ4n) is 2.46. The van der Waals surface area contributed by atoms with E-state index in [-0.39, 0.29) is 5.91 Å². The Morgan fingerprint density at radius 3 is 2.86 bits per heavy atom. The van der Waals surface area contributed by atoms with Crippen molar-refractivity contribution in [1.82, 2.24) is 0 Å². The van der Waals surface area contributed by atoms with E-state index in [0.29, 0.717) is 6.54 Å². The maximum Gasteiger partial charge on any atom is 0.290 e. The highest BCUT2D eigenvalue weighted by atomic mass is 32.1. The molecule has 0 radical (unpaired) electrons. The van der Waals surface area contributed by atoms with Crippen LogP contribution in [0.4, 0.5) is 5.69 Å². The van der Waals surface area contributed by atoms with Crippen LogP contribution in [0.25, 0.3) is 10.2 Å². The molecule has 1 N–H and O–H groups in total. The van der Waals surface area contributed by atoms with E-state index in [1.165, 1.54) is 10.3 Å². The minimum Gasteiger partial charge on any atom is -0.320 e. The number of fused-ring (bicyclic) bond motifs is 1. The molecular formula is C18H19N2OS+. The standard InChI is InChI=1S/C18H18N2OS/c1-3-14-9-8-13(2)15(10-14)19-18(21)11-20-12-22-17-7-5-4-6-16(17)20/h4-10,12H,3,11H2,1-2H3/p+1. The number of anilines is 1. The average Bonchev–Trinajstić information content (AvgIpc) is 2.93. The zero-order chi connectivity index (χ0) is 15.5. The summed E-state index contributed by atoms with van der Waals surface area (Å²) in [5, 5.41) is 3.03. The molecule has 1 heterocycles. The Morgan fingerprint density at radius 1 is 1.23 bits per heavy atom. The van der Waals surface area contributed by atoms with Gasteiger partial charge in [0.2, 0.25) is 17.6 Å². The molecule has 0 bridgehead atoms. The zero-order valence-electron chi connectivity index (χ0n) is 12.8. The lowest BCUT2D eigenvalue weighted by molar-refractivity contribution is -0.653. The van der Waals surface area contributed by atoms with E-state index < -0.39 is 0 Å². The Bertz CT molecular complexity index is 823. The van der Waals surface area contributed by atoms with Gasteiger partial charge in [-0.1, -0.05) is 42.5 Å². The Balaban J connectivity index is 1.78. The maximum absolute atomic E-state index is 12.3. The van der Waals surface area contributed by atoms with E-state index >= 15 is 0 Å². The van der Waals surface area contributed by atoms with Crippen LogP contribution >= 0.6 is 11.3 Å². The highest BCUT2D eigenvalue weighted by molar-refractivity contribution is 7.16. The largest absolute Gasteiger partial charge is 0.320 e. The number of benzene rings is 2. The molecule has 0 saturated heterocycles. The predicted octanol–water partition coefficient (Wildman–Crippen LogP) is 3.70. The Kier molecular flexibility index (Phi) is 4.20. The van der Waals surface area contributed by atoms with Gasteiger partial charge in [-0.3, -0.25) is 4.79 Å². The second-order valence-corrected chi connectivity index (χ2v) is 6.26. The number of amides is 1. The number of carbonyl (C=O) groups excluding carboxylic acids is 1. The lowest BCUT2D eigenvalue weighted by Crippen LogP contribution is -2.38. The second kappa shape index (κ2) is 6.28. The molecule has 0 unspecified atom stereocenters. The average molecular weight is 311 g/mol. The van der Waals surface area contributed by atoms with Gasteiger partial charge in [-0.25, -0.2) is 0 Å². The van der Waals surface area contributed by atoms with Crippen molar-refractivity contribution >= 4 is 33.1 Å². The van der Waals surface area contributed by atoms with Crippen LogP contribution in [0, 0.1) is 6.92 Å². The van der Waals surface area contributed by atoms with E-state index in [9.17, 15) is 4.79 Å². The smallest absolute Gasteiger partial charge is 0.290 e. The van der Waals surface area contributed by atoms with Gasteiger partial charge in [0, 0.05) is 11.8 Å². The van der Waals surface area contributed by atoms with Crippen LogP contribution in [0.3, 0.4) is 0 Å². The molecule has 0 atom stereocenters. The van der Waals surface area contributed by atoms with Gasteiger partial charge in [-0.05, 0) is 36.6 Å². The Labute approximate surface area is 134 Å². The van der Waals surface area contributed by atoms with Gasteiger partial charge in [-0.2, -0.15) is 4.57 Å². The molecule has 0 aliphatic heterocycles. The number of nitrogens with zero attached hydrogens (tertiary/aromatic N) is 1. The SMILES string of the molecule is CCc1ccc(C)c(NC(=O)C[n+]2csc3ccccc32)c1. The minimum absolute atomic E-state index is 0.00454. The number of hydrogen-bond donors (Lipinski definition) is 1. The van der Waals surface area contributed by atoms with Crippen molar-refractivity contribution in [3.05, 3.63) is 59.1 Å². The Morgan fingerprint density at radius 2 is 2.05 bits per heavy atom. The van der Waals surface area contributed by atoms with Gasteiger partial charge in [0.05, 0.1) is 0 Å². The number of nitrogens with one attached hydrogen (secondary N) is 1. The second-order valence-electron chi connectivity index (χ2n) is 5.37. The van der Waals surface area contributed by atoms with Crippen molar-refractivity contribution in [2.75, 3.05) is 5.32 Å². The predicted molar refractivity (Wildman–Crippen MR) is 91.2 cm³/mol. The van der Waals surface area contributed by atoms with E-state index in [4.69, 9.17) is 0 Å². The molecule has 3 nitrogen and oxygen atoms in total. The van der Waals surface area contributed by atoms with Crippen LogP contribution in [0.15, 0.2) is 48.0 Å². The molecule has 112 valence electrons. The van der Waals surface area contributed by atoms with Crippen molar-refractivity contribution in [1.29, 1.82) is 0 Å². The summed E-state index contributed by atoms with van der Waals surface area (Å²) in [7, 11) is 0. The van der Waals surface area contributed by atoms with E-state index in [1.807, 2.05) is 35.2 Å². The molecule has 0 aliphatic rings. The molecule has 4 heteroatoms. The van der Waals surface area contributed by atoms with Crippen molar-refractivity contribution in [2.24, 2.45) is 0 Å². The fraction of sp³-hybridized carbons (Fsp3) is 0.222. The van der Waals surface area contributed by atoms with E-state index in [1.54, 1.807) is 11.3 Å². The number of hydrogen-bond acceptors (Lipinski definition) is 2. The lowest BCUT2D eigenvalue weighted by Gasteiger charge is -2.08. The first-order valence-corrected chi connectivity index (χ1v) is 8.30. The number of aryl methyl sites for hydroxylation is 2. The van der Waals surface area contributed by atoms with Gasteiger partial charge in [-0.15, -0.1) is 0 Å². The first-order chi connectivity index (χ1) is 10.7. The van der Waals surface area contributed by atoms with Gasteiger partial charge in [0.25, 0.3) is 5.91 Å². The van der Waals surface area contributed by atoms with Crippen LogP contribution in [-0.4, -0.2) is 5.91 Å². The molecule has 0 saturated carbocycles. The first-order valence-electron chi connectivity index (χ1n) is 7.42. The monoisotopic (exact) mass is 311 g/mol. The Hall–Kier alpha value is -2.20. The normalized spacial score (nSPS) is 10.8. The zero-order valence-corrected chi connectivity index (χ0v) is 13.6. The molecule has 3 rings (SSSR count). The number of carbonyl (C=O) groups is 1. The third-order valence-electron chi connectivity index (χ3n) is 3.78. The lowest BCUT2D eigenvalue weighted by atomic mass is 10.1. The molecule has 3 aromatic rings. The fourth-order valence-corrected chi connectivity index (χ4v) is 3.35. The van der Waals surface area contributed by atoms with Crippen molar-refractivity contribution < 1.29 is 9.36 Å².